The van der Waals surface area contributed by atoms with Crippen molar-refractivity contribution in [3.8, 4) is 11.5 Å². The third kappa shape index (κ3) is 4.11. The molecule has 4 aromatic rings. The van der Waals surface area contributed by atoms with E-state index in [1.165, 1.54) is 13.2 Å². The number of carboxylic acids is 1. The van der Waals surface area contributed by atoms with Crippen molar-refractivity contribution in [1.82, 2.24) is 9.55 Å². The summed E-state index contributed by atoms with van der Waals surface area (Å²) in [6.45, 7) is 0. The Morgan fingerprint density at radius 1 is 1.09 bits per heavy atom. The van der Waals surface area contributed by atoms with Gasteiger partial charge in [-0.15, -0.1) is 0 Å². The molecule has 8 heteroatoms. The molecule has 1 aromatic heterocycles. The Balaban J connectivity index is 1.70. The lowest BCUT2D eigenvalue weighted by Gasteiger charge is -2.18. The van der Waals surface area contributed by atoms with Crippen molar-refractivity contribution < 1.29 is 24.5 Å². The summed E-state index contributed by atoms with van der Waals surface area (Å²) in [6.07, 6.45) is 1.48. The van der Waals surface area contributed by atoms with E-state index in [1.54, 1.807) is 41.2 Å². The van der Waals surface area contributed by atoms with E-state index < -0.39 is 17.9 Å². The van der Waals surface area contributed by atoms with Crippen LogP contribution in [0.1, 0.15) is 28.4 Å². The molecular formula is C24H21N3O5. The van der Waals surface area contributed by atoms with Gasteiger partial charge in [-0.05, 0) is 35.9 Å². The molecular weight excluding hydrogens is 410 g/mol. The van der Waals surface area contributed by atoms with E-state index in [0.717, 1.165) is 5.56 Å². The van der Waals surface area contributed by atoms with Gasteiger partial charge in [0.05, 0.1) is 42.5 Å². The number of anilines is 1. The smallest absolute Gasteiger partial charge is 0.305 e. The Hall–Kier alpha value is -4.33. The van der Waals surface area contributed by atoms with Crippen LogP contribution < -0.4 is 10.1 Å². The van der Waals surface area contributed by atoms with Crippen molar-refractivity contribution >= 4 is 28.6 Å². The zero-order valence-corrected chi connectivity index (χ0v) is 17.2. The van der Waals surface area contributed by atoms with Crippen LogP contribution in [0.15, 0.2) is 73.1 Å². The Labute approximate surface area is 183 Å². The molecule has 1 unspecified atom stereocenters. The monoisotopic (exact) mass is 431 g/mol. The number of hydrogen-bond acceptors (Lipinski definition) is 5. The van der Waals surface area contributed by atoms with Gasteiger partial charge in [0, 0.05) is 5.69 Å². The zero-order chi connectivity index (χ0) is 22.7. The molecule has 0 fully saturated rings. The number of aromatic hydroxyl groups is 1. The number of imidazole rings is 1. The minimum absolute atomic E-state index is 0.0750. The topological polar surface area (TPSA) is 114 Å². The average molecular weight is 431 g/mol. The maximum Gasteiger partial charge on any atom is 0.305 e. The van der Waals surface area contributed by atoms with Crippen LogP contribution in [0.3, 0.4) is 0 Å². The lowest BCUT2D eigenvalue weighted by atomic mass is 10.0. The third-order valence-corrected chi connectivity index (χ3v) is 5.18. The number of nitrogens with zero attached hydrogens (tertiary/aromatic N) is 2. The van der Waals surface area contributed by atoms with Crippen molar-refractivity contribution in [1.29, 1.82) is 0 Å². The van der Waals surface area contributed by atoms with Crippen LogP contribution in [0.5, 0.6) is 11.5 Å². The van der Waals surface area contributed by atoms with Crippen molar-refractivity contribution in [2.24, 2.45) is 0 Å². The molecule has 0 spiro atoms. The highest BCUT2D eigenvalue weighted by Gasteiger charge is 2.20. The van der Waals surface area contributed by atoms with E-state index in [9.17, 15) is 19.8 Å². The number of carboxylic acid groups (broad SMARTS) is 1. The van der Waals surface area contributed by atoms with Crippen LogP contribution in [0.2, 0.25) is 0 Å². The summed E-state index contributed by atoms with van der Waals surface area (Å²) in [4.78, 5) is 28.7. The fraction of sp³-hybridized carbons (Fsp3) is 0.125. The van der Waals surface area contributed by atoms with Gasteiger partial charge in [0.2, 0.25) is 0 Å². The normalized spacial score (nSPS) is 11.8. The van der Waals surface area contributed by atoms with Crippen LogP contribution in [0.25, 0.3) is 11.0 Å². The van der Waals surface area contributed by atoms with Gasteiger partial charge in [0.15, 0.2) is 11.5 Å². The first-order valence-electron chi connectivity index (χ1n) is 9.88. The quantitative estimate of drug-likeness (QED) is 0.407. The van der Waals surface area contributed by atoms with Gasteiger partial charge in [-0.2, -0.15) is 0 Å². The predicted molar refractivity (Wildman–Crippen MR) is 119 cm³/mol. The van der Waals surface area contributed by atoms with E-state index in [0.29, 0.717) is 16.7 Å². The number of fused-ring (bicyclic) bond motifs is 1. The fourth-order valence-corrected chi connectivity index (χ4v) is 3.64. The Kier molecular flexibility index (Phi) is 5.76. The number of amides is 1. The number of phenolic OH excluding ortho intramolecular Hbond substituents is 1. The summed E-state index contributed by atoms with van der Waals surface area (Å²) in [7, 11) is 1.41. The van der Waals surface area contributed by atoms with E-state index in [2.05, 4.69) is 10.3 Å². The molecule has 4 rings (SSSR count). The fourth-order valence-electron chi connectivity index (χ4n) is 3.64. The Morgan fingerprint density at radius 2 is 1.88 bits per heavy atom. The van der Waals surface area contributed by atoms with Gasteiger partial charge in [-0.25, -0.2) is 4.98 Å². The summed E-state index contributed by atoms with van der Waals surface area (Å²) in [6, 6.07) is 18.7. The summed E-state index contributed by atoms with van der Waals surface area (Å²) in [5.41, 5.74) is 2.73. The van der Waals surface area contributed by atoms with Gasteiger partial charge < -0.3 is 24.8 Å². The highest BCUT2D eigenvalue weighted by Crippen LogP contribution is 2.31. The Morgan fingerprint density at radius 3 is 2.59 bits per heavy atom. The minimum atomic E-state index is -0.932. The van der Waals surface area contributed by atoms with Crippen molar-refractivity contribution in [3.63, 3.8) is 0 Å². The number of methoxy groups -OCH3 is 1. The SMILES string of the molecule is COc1cccc(C(=O)Nc2ccc3ncn(C(CC(=O)O)c4ccccc4)c3c2)c1O. The zero-order valence-electron chi connectivity index (χ0n) is 17.2. The number of para-hydroxylation sites is 1. The largest absolute Gasteiger partial charge is 0.504 e. The number of nitrogens with one attached hydrogen (secondary N) is 1. The minimum Gasteiger partial charge on any atom is -0.504 e. The number of benzene rings is 3. The molecule has 32 heavy (non-hydrogen) atoms. The second kappa shape index (κ2) is 8.81. The molecule has 0 saturated heterocycles. The number of carbonyl (C=O) groups is 2. The summed E-state index contributed by atoms with van der Waals surface area (Å²) in [5, 5.41) is 22.5. The van der Waals surface area contributed by atoms with E-state index in [-0.39, 0.29) is 23.5 Å². The average Bonchev–Trinajstić information content (AvgIpc) is 3.21. The number of phenols is 1. The maximum absolute atomic E-state index is 12.7. The number of aliphatic carboxylic acids is 1. The molecule has 1 amide bonds. The lowest BCUT2D eigenvalue weighted by molar-refractivity contribution is -0.137. The molecule has 8 nitrogen and oxygen atoms in total. The molecule has 1 atom stereocenters. The van der Waals surface area contributed by atoms with E-state index >= 15 is 0 Å². The lowest BCUT2D eigenvalue weighted by Crippen LogP contribution is -2.15. The van der Waals surface area contributed by atoms with Gasteiger partial charge in [0.25, 0.3) is 5.91 Å². The van der Waals surface area contributed by atoms with Crippen LogP contribution in [-0.2, 0) is 4.79 Å². The number of carbonyl (C=O) groups excluding carboxylic acids is 1. The Bertz CT molecular complexity index is 1280. The summed E-state index contributed by atoms with van der Waals surface area (Å²) >= 11 is 0. The molecule has 1 heterocycles. The summed E-state index contributed by atoms with van der Waals surface area (Å²) in [5.74, 6) is -1.48. The van der Waals surface area contributed by atoms with Gasteiger partial charge >= 0.3 is 5.97 Å². The van der Waals surface area contributed by atoms with Gasteiger partial charge in [-0.3, -0.25) is 9.59 Å². The van der Waals surface area contributed by atoms with Crippen LogP contribution >= 0.6 is 0 Å². The third-order valence-electron chi connectivity index (χ3n) is 5.18. The van der Waals surface area contributed by atoms with Crippen molar-refractivity contribution in [2.75, 3.05) is 12.4 Å². The molecule has 0 saturated carbocycles. The second-order valence-electron chi connectivity index (χ2n) is 7.19. The predicted octanol–water partition coefficient (Wildman–Crippen LogP) is 4.07. The highest BCUT2D eigenvalue weighted by molar-refractivity contribution is 6.07. The van der Waals surface area contributed by atoms with Crippen molar-refractivity contribution in [3.05, 3.63) is 84.2 Å². The number of hydrogen-bond donors (Lipinski definition) is 3. The first-order valence-corrected chi connectivity index (χ1v) is 9.88. The molecule has 0 aliphatic carbocycles. The van der Waals surface area contributed by atoms with Gasteiger partial charge in [-0.1, -0.05) is 36.4 Å². The molecule has 3 aromatic carbocycles. The first kappa shape index (κ1) is 20.9. The number of ether oxygens (including phenoxy) is 1. The first-order chi connectivity index (χ1) is 15.5. The molecule has 0 bridgehead atoms. The molecule has 0 radical (unpaired) electrons. The molecule has 0 aliphatic rings. The number of aromatic nitrogens is 2. The number of rotatable bonds is 7. The summed E-state index contributed by atoms with van der Waals surface area (Å²) < 4.78 is 6.85. The standard InChI is InChI=1S/C24H21N3O5/c1-32-21-9-5-8-17(23(21)30)24(31)26-16-10-11-18-20(12-16)27(14-25-18)19(13-22(28)29)15-6-3-2-4-7-15/h2-12,14,19,30H,13H2,1H3,(H,26,31)(H,28,29). The van der Waals surface area contributed by atoms with E-state index in [4.69, 9.17) is 4.74 Å². The molecule has 3 N–H and O–H groups in total. The second-order valence-corrected chi connectivity index (χ2v) is 7.19. The van der Waals surface area contributed by atoms with Crippen LogP contribution in [0, 0.1) is 0 Å². The van der Waals surface area contributed by atoms with Gasteiger partial charge in [0.1, 0.15) is 0 Å². The molecule has 0 aliphatic heterocycles. The van der Waals surface area contributed by atoms with E-state index in [1.807, 2.05) is 30.3 Å². The molecule has 162 valence electrons. The van der Waals surface area contributed by atoms with Crippen LogP contribution in [0.4, 0.5) is 5.69 Å². The maximum atomic E-state index is 12.7. The van der Waals surface area contributed by atoms with Crippen molar-refractivity contribution in [2.45, 2.75) is 12.5 Å². The van der Waals surface area contributed by atoms with Crippen LogP contribution in [-0.4, -0.2) is 38.8 Å². The highest BCUT2D eigenvalue weighted by atomic mass is 16.5.